The van der Waals surface area contributed by atoms with Gasteiger partial charge >= 0.3 is 0 Å². The van der Waals surface area contributed by atoms with E-state index in [-0.39, 0.29) is 22.9 Å². The summed E-state index contributed by atoms with van der Waals surface area (Å²) in [6, 6.07) is 0. The Labute approximate surface area is 205 Å². The molecule has 1 unspecified atom stereocenters. The molecule has 35 heavy (non-hydrogen) atoms. The van der Waals surface area contributed by atoms with Crippen LogP contribution < -0.4 is 5.32 Å². The molecule has 4 bridgehead atoms. The minimum Gasteiger partial charge on any atom is -0.394 e. The normalized spacial score (nSPS) is 47.5. The molecular weight excluding hydrogens is 462 g/mol. The third-order valence-corrected chi connectivity index (χ3v) is 8.61. The maximum absolute atomic E-state index is 13.0. The molecule has 1 saturated heterocycles. The van der Waals surface area contributed by atoms with E-state index in [0.29, 0.717) is 5.92 Å². The molecule has 5 rings (SSSR count). The second kappa shape index (κ2) is 9.86. The molecule has 0 aromatic carbocycles. The number of carbonyl (C=O) groups is 1. The number of ether oxygens (including phenoxy) is 2. The van der Waals surface area contributed by atoms with E-state index in [1.807, 2.05) is 0 Å². The number of hydrogen-bond acceptors (Lipinski definition) is 11. The molecule has 10 atom stereocenters. The molecule has 8 N–H and O–H groups in total. The highest BCUT2D eigenvalue weighted by molar-refractivity contribution is 5.85. The predicted octanol–water partition coefficient (Wildman–Crippen LogP) is -2.21. The van der Waals surface area contributed by atoms with Gasteiger partial charge in [-0.3, -0.25) is 4.79 Å². The second-order valence-electron chi connectivity index (χ2n) is 12.2. The maximum Gasteiger partial charge on any atom is 0.187 e. The lowest BCUT2D eigenvalue weighted by atomic mass is 9.43. The standard InChI is InChI=1S/C24H41NO10/c1-22-3-12-4-23(2,9-22)11-24(5-12,10-22)25-6-13(28)16(30)20(14(29)7-26)35-21-19(33)18(32)17(31)15(8-27)34-21/h12,14-21,25-27,29-33H,3-11H2,1-2H3/t12?,14-,15+,16?,17-,18-,19-,20+,21-,22+,23+,24?/m1/s1. The lowest BCUT2D eigenvalue weighted by Crippen LogP contribution is -2.65. The number of carbonyl (C=O) groups excluding carboxylic acids is 1. The SMILES string of the molecule is C[C@@]12CC3CC(NCC(=O)C(O)[C@@H](O[C@H]4O[C@@H](CO)[C@@H](O)[C@@H](O)[C@H]4O)[C@H](O)CO)(C1)C[C@@](C)(C3)C2. The third-order valence-electron chi connectivity index (χ3n) is 8.61. The van der Waals surface area contributed by atoms with Crippen LogP contribution in [0.25, 0.3) is 0 Å². The number of nitrogens with one attached hydrogen (secondary N) is 1. The molecule has 0 spiro atoms. The topological polar surface area (TPSA) is 189 Å². The summed E-state index contributed by atoms with van der Waals surface area (Å²) in [5.41, 5.74) is 0.261. The van der Waals surface area contributed by atoms with Gasteiger partial charge in [-0.15, -0.1) is 0 Å². The Balaban J connectivity index is 1.42. The van der Waals surface area contributed by atoms with E-state index < -0.39 is 68.0 Å². The van der Waals surface area contributed by atoms with Gasteiger partial charge in [-0.05, 0) is 55.3 Å². The molecule has 5 fully saturated rings. The van der Waals surface area contributed by atoms with Crippen LogP contribution in [0.15, 0.2) is 0 Å². The summed E-state index contributed by atoms with van der Waals surface area (Å²) < 4.78 is 10.7. The zero-order chi connectivity index (χ0) is 25.8. The average molecular weight is 504 g/mol. The number of rotatable bonds is 10. The fourth-order valence-electron chi connectivity index (χ4n) is 8.02. The Hall–Kier alpha value is -0.730. The molecular formula is C24H41NO10. The smallest absolute Gasteiger partial charge is 0.187 e. The Morgan fingerprint density at radius 1 is 1.00 bits per heavy atom. The van der Waals surface area contributed by atoms with Crippen molar-refractivity contribution in [1.82, 2.24) is 5.32 Å². The van der Waals surface area contributed by atoms with Gasteiger partial charge in [0.05, 0.1) is 19.8 Å². The Kier molecular flexibility index (Phi) is 7.70. The van der Waals surface area contributed by atoms with Crippen molar-refractivity contribution < 1.29 is 50.0 Å². The Morgan fingerprint density at radius 3 is 2.17 bits per heavy atom. The van der Waals surface area contributed by atoms with Crippen molar-refractivity contribution in [2.75, 3.05) is 19.8 Å². The van der Waals surface area contributed by atoms with Crippen LogP contribution in [-0.4, -0.2) is 116 Å². The van der Waals surface area contributed by atoms with Crippen molar-refractivity contribution in [3.8, 4) is 0 Å². The summed E-state index contributed by atoms with van der Waals surface area (Å²) in [7, 11) is 0. The summed E-state index contributed by atoms with van der Waals surface area (Å²) in [5, 5.41) is 73.4. The quantitative estimate of drug-likeness (QED) is 0.161. The molecule has 0 aromatic rings. The van der Waals surface area contributed by atoms with Gasteiger partial charge in [0, 0.05) is 5.54 Å². The zero-order valence-corrected chi connectivity index (χ0v) is 20.4. The molecule has 4 saturated carbocycles. The van der Waals surface area contributed by atoms with Crippen molar-refractivity contribution in [3.05, 3.63) is 0 Å². The molecule has 4 aliphatic carbocycles. The van der Waals surface area contributed by atoms with Crippen LogP contribution in [0.3, 0.4) is 0 Å². The number of Topliss-reactive ketones (excluding diaryl/α,β-unsaturated/α-hetero) is 1. The van der Waals surface area contributed by atoms with Crippen molar-refractivity contribution in [3.63, 3.8) is 0 Å². The first kappa shape index (κ1) is 27.3. The van der Waals surface area contributed by atoms with Crippen molar-refractivity contribution in [2.45, 2.75) is 107 Å². The van der Waals surface area contributed by atoms with Gasteiger partial charge in [0.25, 0.3) is 0 Å². The summed E-state index contributed by atoms with van der Waals surface area (Å²) in [6.45, 7) is 2.93. The van der Waals surface area contributed by atoms with Crippen LogP contribution in [0.2, 0.25) is 0 Å². The lowest BCUT2D eigenvalue weighted by Gasteiger charge is -2.65. The van der Waals surface area contributed by atoms with Crippen molar-refractivity contribution >= 4 is 5.78 Å². The lowest BCUT2D eigenvalue weighted by molar-refractivity contribution is -0.323. The first-order chi connectivity index (χ1) is 16.3. The Morgan fingerprint density at radius 2 is 1.63 bits per heavy atom. The first-order valence-electron chi connectivity index (χ1n) is 12.5. The van der Waals surface area contributed by atoms with Gasteiger partial charge in [0.2, 0.25) is 0 Å². The van der Waals surface area contributed by atoms with Crippen molar-refractivity contribution in [2.24, 2.45) is 16.7 Å². The zero-order valence-electron chi connectivity index (χ0n) is 20.4. The summed E-state index contributed by atoms with van der Waals surface area (Å²) in [6.07, 6.45) is -6.84. The molecule has 1 heterocycles. The van der Waals surface area contributed by atoms with E-state index in [1.165, 1.54) is 19.3 Å². The summed E-state index contributed by atoms with van der Waals surface area (Å²) >= 11 is 0. The van der Waals surface area contributed by atoms with Gasteiger partial charge in [-0.25, -0.2) is 0 Å². The van der Waals surface area contributed by atoms with Gasteiger partial charge in [0.1, 0.15) is 42.7 Å². The van der Waals surface area contributed by atoms with Gasteiger partial charge in [0.15, 0.2) is 12.1 Å². The van der Waals surface area contributed by atoms with Crippen LogP contribution in [0.1, 0.15) is 52.4 Å². The van der Waals surface area contributed by atoms with E-state index >= 15 is 0 Å². The molecule has 11 nitrogen and oxygen atoms in total. The second-order valence-corrected chi connectivity index (χ2v) is 12.2. The van der Waals surface area contributed by atoms with E-state index in [1.54, 1.807) is 0 Å². The molecule has 0 amide bonds. The van der Waals surface area contributed by atoms with E-state index in [9.17, 15) is 40.5 Å². The number of aliphatic hydroxyl groups is 7. The van der Waals surface area contributed by atoms with E-state index in [2.05, 4.69) is 19.2 Å². The van der Waals surface area contributed by atoms with Gasteiger partial charge in [-0.1, -0.05) is 13.8 Å². The highest BCUT2D eigenvalue weighted by atomic mass is 16.7. The number of hydrogen-bond donors (Lipinski definition) is 8. The largest absolute Gasteiger partial charge is 0.394 e. The van der Waals surface area contributed by atoms with Crippen LogP contribution in [0.5, 0.6) is 0 Å². The number of ketones is 1. The monoisotopic (exact) mass is 503 g/mol. The highest BCUT2D eigenvalue weighted by Gasteiger charge is 2.60. The molecule has 0 radical (unpaired) electrons. The Bertz CT molecular complexity index is 761. The third kappa shape index (κ3) is 5.31. The fourth-order valence-corrected chi connectivity index (χ4v) is 8.02. The van der Waals surface area contributed by atoms with E-state index in [4.69, 9.17) is 9.47 Å². The molecule has 1 aliphatic heterocycles. The summed E-state index contributed by atoms with van der Waals surface area (Å²) in [4.78, 5) is 13.0. The van der Waals surface area contributed by atoms with Crippen molar-refractivity contribution in [1.29, 1.82) is 0 Å². The van der Waals surface area contributed by atoms with Crippen LogP contribution >= 0.6 is 0 Å². The number of aliphatic hydroxyl groups excluding tert-OH is 7. The predicted molar refractivity (Wildman–Crippen MR) is 121 cm³/mol. The van der Waals surface area contributed by atoms with Gasteiger partial charge < -0.3 is 50.5 Å². The van der Waals surface area contributed by atoms with Crippen LogP contribution in [-0.2, 0) is 14.3 Å². The minimum atomic E-state index is -1.86. The average Bonchev–Trinajstić information content (AvgIpc) is 2.77. The van der Waals surface area contributed by atoms with Crippen LogP contribution in [0, 0.1) is 16.7 Å². The summed E-state index contributed by atoms with van der Waals surface area (Å²) in [5.74, 6) is -0.0506. The minimum absolute atomic E-state index is 0.160. The first-order valence-corrected chi connectivity index (χ1v) is 12.5. The maximum atomic E-state index is 13.0. The van der Waals surface area contributed by atoms with E-state index in [0.717, 1.165) is 19.3 Å². The molecule has 202 valence electrons. The van der Waals surface area contributed by atoms with Crippen LogP contribution in [0.4, 0.5) is 0 Å². The molecule has 11 heteroatoms. The highest BCUT2D eigenvalue weighted by Crippen LogP contribution is 2.66. The molecule has 0 aromatic heterocycles. The van der Waals surface area contributed by atoms with Gasteiger partial charge in [-0.2, -0.15) is 0 Å². The fraction of sp³-hybridized carbons (Fsp3) is 0.958. The molecule has 5 aliphatic rings.